The van der Waals surface area contributed by atoms with Crippen LogP contribution in [0.2, 0.25) is 0 Å². The fourth-order valence-corrected chi connectivity index (χ4v) is 5.95. The van der Waals surface area contributed by atoms with Crippen LogP contribution in [0.5, 0.6) is 5.75 Å². The van der Waals surface area contributed by atoms with E-state index in [0.717, 1.165) is 13.8 Å². The van der Waals surface area contributed by atoms with E-state index >= 15 is 0 Å². The second-order valence-corrected chi connectivity index (χ2v) is 13.3. The fraction of sp³-hybridized carbons (Fsp3) is 0.654. The summed E-state index contributed by atoms with van der Waals surface area (Å²) < 4.78 is 70.9. The number of sulfone groups is 1. The maximum atomic E-state index is 13.4. The van der Waals surface area contributed by atoms with Crippen molar-refractivity contribution in [1.29, 1.82) is 0 Å². The molecule has 1 amide bonds. The van der Waals surface area contributed by atoms with Crippen LogP contribution in [0.4, 0.5) is 13.2 Å². The zero-order valence-electron chi connectivity index (χ0n) is 23.1. The monoisotopic (exact) mass is 574 g/mol. The Balaban J connectivity index is 1.83. The van der Waals surface area contributed by atoms with E-state index in [4.69, 9.17) is 4.74 Å². The summed E-state index contributed by atoms with van der Waals surface area (Å²) in [6.07, 6.45) is -0.557. The standard InChI is InChI=1S/C26H37F3N4O5S/c1-7-20-32-21(23(34)31-15-25(35)10-8-18(9-11-25)39(6,36)37)16(2)33(20)22-19(38-5)12-17(14-30-22)13-24(3,4)26(27,28)29/h12,14,18,35H,7-11,13,15H2,1-6H3,(H,31,34). The molecule has 0 aliphatic heterocycles. The molecule has 1 fully saturated rings. The summed E-state index contributed by atoms with van der Waals surface area (Å²) in [5.74, 6) is 0.524. The number of halogens is 3. The molecule has 2 heterocycles. The molecule has 2 aromatic rings. The number of amides is 1. The van der Waals surface area contributed by atoms with Gasteiger partial charge in [0, 0.05) is 25.4 Å². The molecule has 2 N–H and O–H groups in total. The number of aryl methyl sites for hydroxylation is 1. The first-order valence-electron chi connectivity index (χ1n) is 12.8. The third-order valence-electron chi connectivity index (χ3n) is 7.49. The molecule has 39 heavy (non-hydrogen) atoms. The molecule has 0 spiro atoms. The third-order valence-corrected chi connectivity index (χ3v) is 9.17. The van der Waals surface area contributed by atoms with Gasteiger partial charge in [-0.25, -0.2) is 18.4 Å². The number of aromatic nitrogens is 3. The molecule has 218 valence electrons. The molecule has 0 saturated heterocycles. The van der Waals surface area contributed by atoms with Crippen molar-refractivity contribution < 1.29 is 36.2 Å². The maximum Gasteiger partial charge on any atom is 0.394 e. The maximum absolute atomic E-state index is 13.4. The zero-order chi connectivity index (χ0) is 29.4. The molecule has 0 bridgehead atoms. The number of pyridine rings is 1. The molecule has 0 unspecified atom stereocenters. The van der Waals surface area contributed by atoms with Gasteiger partial charge < -0.3 is 15.2 Å². The second kappa shape index (κ2) is 11.1. The van der Waals surface area contributed by atoms with Gasteiger partial charge in [-0.15, -0.1) is 0 Å². The van der Waals surface area contributed by atoms with E-state index in [1.807, 2.05) is 6.92 Å². The average molecular weight is 575 g/mol. The average Bonchev–Trinajstić information content (AvgIpc) is 3.17. The number of aliphatic hydroxyl groups is 1. The summed E-state index contributed by atoms with van der Waals surface area (Å²) in [7, 11) is -1.80. The summed E-state index contributed by atoms with van der Waals surface area (Å²) in [4.78, 5) is 22.0. The summed E-state index contributed by atoms with van der Waals surface area (Å²) in [5, 5.41) is 13.1. The quantitative estimate of drug-likeness (QED) is 0.468. The van der Waals surface area contributed by atoms with Gasteiger partial charge in [0.15, 0.2) is 11.6 Å². The number of methoxy groups -OCH3 is 1. The van der Waals surface area contributed by atoms with Crippen LogP contribution in [0.25, 0.3) is 5.82 Å². The third kappa shape index (κ3) is 6.74. The molecule has 13 heteroatoms. The summed E-state index contributed by atoms with van der Waals surface area (Å²) in [6.45, 7) is 5.72. The summed E-state index contributed by atoms with van der Waals surface area (Å²) in [5.41, 5.74) is -2.26. The molecular formula is C26H37F3N4O5S. The number of carbonyl (C=O) groups excluding carboxylic acids is 1. The Hall–Kier alpha value is -2.67. The van der Waals surface area contributed by atoms with Gasteiger partial charge in [0.25, 0.3) is 5.91 Å². The van der Waals surface area contributed by atoms with Gasteiger partial charge in [-0.3, -0.25) is 9.36 Å². The van der Waals surface area contributed by atoms with Crippen molar-refractivity contribution in [2.24, 2.45) is 5.41 Å². The molecule has 0 radical (unpaired) electrons. The van der Waals surface area contributed by atoms with Crippen molar-refractivity contribution in [3.63, 3.8) is 0 Å². The number of hydrogen-bond acceptors (Lipinski definition) is 7. The molecule has 2 aromatic heterocycles. The molecule has 0 atom stereocenters. The molecular weight excluding hydrogens is 537 g/mol. The van der Waals surface area contributed by atoms with Crippen molar-refractivity contribution in [1.82, 2.24) is 19.9 Å². The summed E-state index contributed by atoms with van der Waals surface area (Å²) >= 11 is 0. The number of hydrogen-bond donors (Lipinski definition) is 2. The van der Waals surface area contributed by atoms with Gasteiger partial charge in [0.2, 0.25) is 0 Å². The van der Waals surface area contributed by atoms with Crippen LogP contribution < -0.4 is 10.1 Å². The highest BCUT2D eigenvalue weighted by Crippen LogP contribution is 2.41. The molecule has 9 nitrogen and oxygen atoms in total. The molecule has 3 rings (SSSR count). The number of ether oxygens (including phenoxy) is 1. The number of nitrogens with zero attached hydrogens (tertiary/aromatic N) is 3. The highest BCUT2D eigenvalue weighted by atomic mass is 32.2. The lowest BCUT2D eigenvalue weighted by Gasteiger charge is -2.35. The minimum Gasteiger partial charge on any atom is -0.493 e. The first-order chi connectivity index (χ1) is 17.9. The Morgan fingerprint density at radius 2 is 1.90 bits per heavy atom. The van der Waals surface area contributed by atoms with Gasteiger partial charge in [-0.1, -0.05) is 20.8 Å². The SMILES string of the molecule is CCc1nc(C(=O)NCC2(O)CCC(S(C)(=O)=O)CC2)c(C)n1-c1ncc(CC(C)(C)C(F)(F)F)cc1OC. The van der Waals surface area contributed by atoms with Crippen molar-refractivity contribution >= 4 is 15.7 Å². The van der Waals surface area contributed by atoms with E-state index in [2.05, 4.69) is 15.3 Å². The van der Waals surface area contributed by atoms with Crippen molar-refractivity contribution in [2.45, 2.75) is 83.2 Å². The lowest BCUT2D eigenvalue weighted by Crippen LogP contribution is -2.47. The smallest absolute Gasteiger partial charge is 0.394 e. The Kier molecular flexibility index (Phi) is 8.76. The Bertz CT molecular complexity index is 1310. The van der Waals surface area contributed by atoms with Gasteiger partial charge >= 0.3 is 6.18 Å². The van der Waals surface area contributed by atoms with Crippen LogP contribution >= 0.6 is 0 Å². The molecule has 1 saturated carbocycles. The van der Waals surface area contributed by atoms with Crippen molar-refractivity contribution in [3.05, 3.63) is 35.0 Å². The van der Waals surface area contributed by atoms with Crippen LogP contribution in [0.1, 0.15) is 74.0 Å². The highest BCUT2D eigenvalue weighted by molar-refractivity contribution is 7.91. The lowest BCUT2D eigenvalue weighted by atomic mass is 9.84. The Labute approximate surface area is 227 Å². The molecule has 1 aliphatic rings. The predicted molar refractivity (Wildman–Crippen MR) is 140 cm³/mol. The van der Waals surface area contributed by atoms with Gasteiger partial charge in [-0.2, -0.15) is 13.2 Å². The van der Waals surface area contributed by atoms with Crippen molar-refractivity contribution in [2.75, 3.05) is 19.9 Å². The van der Waals surface area contributed by atoms with Crippen LogP contribution in [-0.4, -0.2) is 70.9 Å². The van der Waals surface area contributed by atoms with E-state index < -0.39 is 38.2 Å². The first-order valence-corrected chi connectivity index (χ1v) is 14.8. The minimum atomic E-state index is -4.39. The number of rotatable bonds is 9. The largest absolute Gasteiger partial charge is 0.493 e. The number of imidazole rings is 1. The van der Waals surface area contributed by atoms with Crippen LogP contribution in [0.15, 0.2) is 12.3 Å². The molecule has 1 aliphatic carbocycles. The van der Waals surface area contributed by atoms with E-state index in [1.54, 1.807) is 11.5 Å². The second-order valence-electron chi connectivity index (χ2n) is 11.0. The fourth-order valence-electron chi connectivity index (χ4n) is 4.86. The van der Waals surface area contributed by atoms with Crippen LogP contribution in [0.3, 0.4) is 0 Å². The van der Waals surface area contributed by atoms with Crippen LogP contribution in [0, 0.1) is 12.3 Å². The number of nitrogens with one attached hydrogen (secondary N) is 1. The number of alkyl halides is 3. The normalized spacial score (nSPS) is 20.6. The van der Waals surface area contributed by atoms with E-state index in [9.17, 15) is 31.5 Å². The predicted octanol–water partition coefficient (Wildman–Crippen LogP) is 3.73. The topological polar surface area (TPSA) is 123 Å². The Morgan fingerprint density at radius 1 is 1.28 bits per heavy atom. The Morgan fingerprint density at radius 3 is 2.41 bits per heavy atom. The summed E-state index contributed by atoms with van der Waals surface area (Å²) in [6, 6.07) is 1.51. The molecule has 0 aromatic carbocycles. The van der Waals surface area contributed by atoms with Gasteiger partial charge in [-0.05, 0) is 50.7 Å². The lowest BCUT2D eigenvalue weighted by molar-refractivity contribution is -0.211. The van der Waals surface area contributed by atoms with Crippen LogP contribution in [-0.2, 0) is 22.7 Å². The first kappa shape index (κ1) is 30.9. The van der Waals surface area contributed by atoms with Gasteiger partial charge in [0.1, 0.15) is 21.4 Å². The van der Waals surface area contributed by atoms with E-state index in [1.165, 1.54) is 25.6 Å². The number of carbonyl (C=O) groups is 1. The minimum absolute atomic E-state index is 0.0542. The zero-order valence-corrected chi connectivity index (χ0v) is 24.0. The van der Waals surface area contributed by atoms with Gasteiger partial charge in [0.05, 0.1) is 29.1 Å². The van der Waals surface area contributed by atoms with E-state index in [0.29, 0.717) is 42.2 Å². The van der Waals surface area contributed by atoms with E-state index in [-0.39, 0.29) is 37.3 Å². The highest BCUT2D eigenvalue weighted by Gasteiger charge is 2.47. The van der Waals surface area contributed by atoms with Crippen molar-refractivity contribution in [3.8, 4) is 11.6 Å².